The van der Waals surface area contributed by atoms with E-state index in [-0.39, 0.29) is 28.1 Å². The maximum Gasteiger partial charge on any atom is 0.269 e. The number of fused-ring (bicyclic) bond motifs is 1. The molecule has 0 aliphatic heterocycles. The highest BCUT2D eigenvalue weighted by atomic mass is 19.1. The molecule has 4 rings (SSSR count). The lowest BCUT2D eigenvalue weighted by Crippen LogP contribution is -2.30. The van der Waals surface area contributed by atoms with E-state index in [0.717, 1.165) is 0 Å². The Hall–Kier alpha value is -4.33. The summed E-state index contributed by atoms with van der Waals surface area (Å²) in [6.07, 6.45) is 0. The second-order valence-electron chi connectivity index (χ2n) is 6.90. The van der Waals surface area contributed by atoms with Crippen LogP contribution in [0.25, 0.3) is 5.76 Å². The average molecular weight is 418 g/mol. The van der Waals surface area contributed by atoms with Crippen molar-refractivity contribution in [2.75, 3.05) is 5.32 Å². The summed E-state index contributed by atoms with van der Waals surface area (Å²) in [5.41, 5.74) is 0.787. The molecule has 0 amide bonds. The molecule has 1 aliphatic carbocycles. The molecule has 0 spiro atoms. The van der Waals surface area contributed by atoms with Crippen molar-refractivity contribution in [1.82, 2.24) is 0 Å². The molecule has 0 radical (unpaired) electrons. The van der Waals surface area contributed by atoms with E-state index in [0.29, 0.717) is 11.3 Å². The van der Waals surface area contributed by atoms with Gasteiger partial charge in [-0.1, -0.05) is 24.3 Å². The molecule has 0 heterocycles. The molecule has 0 aromatic heterocycles. The van der Waals surface area contributed by atoms with Crippen LogP contribution in [-0.2, 0) is 4.79 Å². The number of carbonyl (C=O) groups is 2. The molecule has 3 aromatic carbocycles. The highest BCUT2D eigenvalue weighted by Gasteiger charge is 2.37. The number of aliphatic hydroxyl groups excluding tert-OH is 1. The van der Waals surface area contributed by atoms with Gasteiger partial charge in [-0.05, 0) is 42.0 Å². The van der Waals surface area contributed by atoms with E-state index in [1.165, 1.54) is 60.7 Å². The summed E-state index contributed by atoms with van der Waals surface area (Å²) in [7, 11) is 0. The van der Waals surface area contributed by atoms with E-state index in [9.17, 15) is 29.2 Å². The fourth-order valence-corrected chi connectivity index (χ4v) is 3.48. The molecule has 8 heteroatoms. The SMILES string of the molecule is O=C1C(=O)c2ccccc2C(O)=C1C(Nc1ccc(F)cc1)c1ccc([N+](=O)[O-])cc1. The minimum atomic E-state index is -1.02. The monoisotopic (exact) mass is 418 g/mol. The Balaban J connectivity index is 1.87. The summed E-state index contributed by atoms with van der Waals surface area (Å²) in [6.45, 7) is 0. The number of non-ortho nitro benzene ring substituents is 1. The molecule has 31 heavy (non-hydrogen) atoms. The molecule has 1 aliphatic rings. The molecule has 2 N–H and O–H groups in total. The largest absolute Gasteiger partial charge is 0.507 e. The molecular weight excluding hydrogens is 403 g/mol. The first-order chi connectivity index (χ1) is 14.9. The Morgan fingerprint density at radius 2 is 1.48 bits per heavy atom. The molecule has 0 bridgehead atoms. The van der Waals surface area contributed by atoms with Crippen LogP contribution in [0.4, 0.5) is 15.8 Å². The van der Waals surface area contributed by atoms with E-state index < -0.39 is 28.3 Å². The highest BCUT2D eigenvalue weighted by Crippen LogP contribution is 2.37. The van der Waals surface area contributed by atoms with E-state index in [1.807, 2.05) is 0 Å². The number of aliphatic hydroxyl groups is 1. The van der Waals surface area contributed by atoms with Crippen LogP contribution in [0, 0.1) is 15.9 Å². The van der Waals surface area contributed by atoms with Crippen molar-refractivity contribution < 1.29 is 24.0 Å². The predicted molar refractivity (Wildman–Crippen MR) is 111 cm³/mol. The minimum absolute atomic E-state index is 0.0954. The lowest BCUT2D eigenvalue weighted by molar-refractivity contribution is -0.384. The lowest BCUT2D eigenvalue weighted by Gasteiger charge is -2.26. The number of halogens is 1. The number of nitro groups is 1. The number of ketones is 2. The zero-order valence-electron chi connectivity index (χ0n) is 15.9. The number of carbonyl (C=O) groups excluding carboxylic acids is 2. The van der Waals surface area contributed by atoms with E-state index in [2.05, 4.69) is 5.32 Å². The highest BCUT2D eigenvalue weighted by molar-refractivity contribution is 6.52. The number of nitrogens with zero attached hydrogens (tertiary/aromatic N) is 1. The first-order valence-electron chi connectivity index (χ1n) is 9.25. The van der Waals surface area contributed by atoms with Crippen molar-refractivity contribution >= 4 is 28.7 Å². The van der Waals surface area contributed by atoms with Crippen LogP contribution in [0.1, 0.15) is 27.5 Å². The molecule has 7 nitrogen and oxygen atoms in total. The third-order valence-electron chi connectivity index (χ3n) is 5.01. The van der Waals surface area contributed by atoms with Gasteiger partial charge in [0.2, 0.25) is 11.6 Å². The van der Waals surface area contributed by atoms with Crippen LogP contribution >= 0.6 is 0 Å². The number of rotatable bonds is 5. The number of benzene rings is 3. The first-order valence-corrected chi connectivity index (χ1v) is 9.25. The number of Topliss-reactive ketones (excluding diaryl/α,β-unsaturated/α-hetero) is 2. The second-order valence-corrected chi connectivity index (χ2v) is 6.90. The topological polar surface area (TPSA) is 110 Å². The van der Waals surface area contributed by atoms with Gasteiger partial charge >= 0.3 is 0 Å². The molecule has 1 atom stereocenters. The smallest absolute Gasteiger partial charge is 0.269 e. The van der Waals surface area contributed by atoms with Crippen LogP contribution < -0.4 is 5.32 Å². The third kappa shape index (κ3) is 3.66. The minimum Gasteiger partial charge on any atom is -0.507 e. The fourth-order valence-electron chi connectivity index (χ4n) is 3.48. The maximum absolute atomic E-state index is 13.3. The number of hydrogen-bond donors (Lipinski definition) is 2. The third-order valence-corrected chi connectivity index (χ3v) is 5.01. The molecule has 0 saturated heterocycles. The van der Waals surface area contributed by atoms with Crippen molar-refractivity contribution in [3.63, 3.8) is 0 Å². The molecule has 1 unspecified atom stereocenters. The Kier molecular flexibility index (Phi) is 5.04. The van der Waals surface area contributed by atoms with Crippen molar-refractivity contribution in [3.8, 4) is 0 Å². The molecule has 0 fully saturated rings. The first kappa shape index (κ1) is 20.0. The van der Waals surface area contributed by atoms with Gasteiger partial charge in [-0.25, -0.2) is 4.39 Å². The lowest BCUT2D eigenvalue weighted by atomic mass is 9.83. The Bertz CT molecular complexity index is 1230. The summed E-state index contributed by atoms with van der Waals surface area (Å²) in [5.74, 6) is -2.49. The number of anilines is 1. The second kappa shape index (κ2) is 7.83. The van der Waals surface area contributed by atoms with E-state index >= 15 is 0 Å². The Labute approximate surface area is 175 Å². The number of hydrogen-bond acceptors (Lipinski definition) is 6. The summed E-state index contributed by atoms with van der Waals surface area (Å²) in [4.78, 5) is 36.1. The van der Waals surface area contributed by atoms with Crippen molar-refractivity contribution in [2.24, 2.45) is 0 Å². The standard InChI is InChI=1S/C23H15FN2O5/c24-14-7-9-15(10-8-14)25-20(13-5-11-16(12-6-13)26(30)31)19-21(27)17-3-1-2-4-18(17)22(28)23(19)29/h1-12,20,25,27H. The van der Waals surface area contributed by atoms with Gasteiger partial charge in [-0.2, -0.15) is 0 Å². The van der Waals surface area contributed by atoms with Gasteiger partial charge in [0, 0.05) is 28.9 Å². The van der Waals surface area contributed by atoms with Crippen molar-refractivity contribution in [2.45, 2.75) is 6.04 Å². The summed E-state index contributed by atoms with van der Waals surface area (Å²) >= 11 is 0. The summed E-state index contributed by atoms with van der Waals surface area (Å²) < 4.78 is 13.3. The normalized spacial score (nSPS) is 14.2. The molecule has 154 valence electrons. The Morgan fingerprint density at radius 1 is 0.871 bits per heavy atom. The summed E-state index contributed by atoms with van der Waals surface area (Å²) in [6, 6.07) is 15.9. The maximum atomic E-state index is 13.3. The number of nitro benzene ring substituents is 1. The number of nitrogens with one attached hydrogen (secondary N) is 1. The van der Waals surface area contributed by atoms with Crippen LogP contribution in [0.2, 0.25) is 0 Å². The Morgan fingerprint density at radius 3 is 2.10 bits per heavy atom. The summed E-state index contributed by atoms with van der Waals surface area (Å²) in [5, 5.41) is 24.9. The molecule has 0 saturated carbocycles. The van der Waals surface area contributed by atoms with Crippen molar-refractivity contribution in [3.05, 3.63) is 111 Å². The van der Waals surface area contributed by atoms with Crippen LogP contribution in [0.3, 0.4) is 0 Å². The van der Waals surface area contributed by atoms with Crippen LogP contribution in [0.15, 0.2) is 78.4 Å². The van der Waals surface area contributed by atoms with Gasteiger partial charge in [-0.3, -0.25) is 19.7 Å². The van der Waals surface area contributed by atoms with Gasteiger partial charge in [0.25, 0.3) is 5.69 Å². The van der Waals surface area contributed by atoms with Gasteiger partial charge in [-0.15, -0.1) is 0 Å². The molecular formula is C23H15FN2O5. The zero-order chi connectivity index (χ0) is 22.1. The van der Waals surface area contributed by atoms with Gasteiger partial charge in [0.05, 0.1) is 16.5 Å². The predicted octanol–water partition coefficient (Wildman–Crippen LogP) is 4.62. The van der Waals surface area contributed by atoms with Crippen molar-refractivity contribution in [1.29, 1.82) is 0 Å². The van der Waals surface area contributed by atoms with Crippen LogP contribution in [0.5, 0.6) is 0 Å². The quantitative estimate of drug-likeness (QED) is 0.355. The van der Waals surface area contributed by atoms with Gasteiger partial charge in [0.15, 0.2) is 0 Å². The van der Waals surface area contributed by atoms with E-state index in [1.54, 1.807) is 12.1 Å². The van der Waals surface area contributed by atoms with Gasteiger partial charge in [0.1, 0.15) is 11.6 Å². The fraction of sp³-hybridized carbons (Fsp3) is 0.0435. The van der Waals surface area contributed by atoms with Crippen LogP contribution in [-0.4, -0.2) is 21.6 Å². The average Bonchev–Trinajstić information content (AvgIpc) is 2.78. The zero-order valence-corrected chi connectivity index (χ0v) is 15.9. The van der Waals surface area contributed by atoms with E-state index in [4.69, 9.17) is 0 Å². The molecule has 3 aromatic rings. The van der Waals surface area contributed by atoms with Gasteiger partial charge < -0.3 is 10.4 Å².